The van der Waals surface area contributed by atoms with Gasteiger partial charge >= 0.3 is 0 Å². The Morgan fingerprint density at radius 2 is 2.09 bits per heavy atom. The van der Waals surface area contributed by atoms with Crippen molar-refractivity contribution in [2.24, 2.45) is 0 Å². The Morgan fingerprint density at radius 3 is 2.55 bits per heavy atom. The van der Waals surface area contributed by atoms with E-state index in [0.717, 1.165) is 4.99 Å². The number of nitrogens with zero attached hydrogens (tertiary/aromatic N) is 1. The molecule has 11 heavy (non-hydrogen) atoms. The highest BCUT2D eigenvalue weighted by atomic mass is 32.1. The van der Waals surface area contributed by atoms with Crippen molar-refractivity contribution in [1.82, 2.24) is 10.6 Å². The van der Waals surface area contributed by atoms with Crippen LogP contribution in [-0.2, 0) is 0 Å². The maximum Gasteiger partial charge on any atom is 0.0933 e. The molecule has 0 atom stereocenters. The van der Waals surface area contributed by atoms with Crippen LogP contribution >= 0.6 is 12.2 Å². The number of hydrogen-bond acceptors (Lipinski definition) is 1. The number of nitrogens with one attached hydrogen (secondary N) is 1. The fourth-order valence-corrected chi connectivity index (χ4v) is 1.77. The van der Waals surface area contributed by atoms with E-state index in [2.05, 4.69) is 4.90 Å². The van der Waals surface area contributed by atoms with Gasteiger partial charge in [0.1, 0.15) is 0 Å². The lowest BCUT2D eigenvalue weighted by Gasteiger charge is -2.25. The molecule has 1 radical (unpaired) electrons. The van der Waals surface area contributed by atoms with Gasteiger partial charge in [0.2, 0.25) is 0 Å². The van der Waals surface area contributed by atoms with Gasteiger partial charge in [-0.1, -0.05) is 25.1 Å². The fourth-order valence-electron chi connectivity index (χ4n) is 1.62. The zero-order valence-corrected chi connectivity index (χ0v) is 7.78. The number of likely N-dealkylation sites (N-methyl/N-ethyl adjacent to an activating group) is 1. The largest absolute Gasteiger partial charge is 0.365 e. The van der Waals surface area contributed by atoms with Crippen LogP contribution in [0.1, 0.15) is 25.7 Å². The molecule has 63 valence electrons. The van der Waals surface area contributed by atoms with Gasteiger partial charge in [-0.25, -0.2) is 0 Å². The molecule has 0 unspecified atom stereocenters. The molecule has 0 heterocycles. The molecule has 2 nitrogen and oxygen atoms in total. The SMILES string of the molecule is CN(C(=S)C[NH])C1CCCC1. The van der Waals surface area contributed by atoms with E-state index < -0.39 is 0 Å². The van der Waals surface area contributed by atoms with E-state index in [1.165, 1.54) is 25.7 Å². The van der Waals surface area contributed by atoms with Crippen molar-refractivity contribution >= 4 is 17.2 Å². The maximum atomic E-state index is 7.12. The number of thiocarbonyl (C=S) groups is 1. The fraction of sp³-hybridized carbons (Fsp3) is 0.875. The lowest BCUT2D eigenvalue weighted by Crippen LogP contribution is -2.36. The number of rotatable bonds is 2. The molecule has 0 saturated heterocycles. The molecular weight excluding hydrogens is 156 g/mol. The second kappa shape index (κ2) is 4.02. The first-order valence-corrected chi connectivity index (χ1v) is 4.56. The normalized spacial score (nSPS) is 18.7. The minimum atomic E-state index is 0.266. The standard InChI is InChI=1S/C8H15N2S/c1-10(8(11)6-9)7-4-2-3-5-7/h7,9H,2-6H2,1H3. The minimum absolute atomic E-state index is 0.266. The van der Waals surface area contributed by atoms with Gasteiger partial charge in [0.05, 0.1) is 11.5 Å². The average Bonchev–Trinajstić information content (AvgIpc) is 2.53. The van der Waals surface area contributed by atoms with Crippen LogP contribution in [0, 0.1) is 0 Å². The highest BCUT2D eigenvalue weighted by Crippen LogP contribution is 2.22. The van der Waals surface area contributed by atoms with E-state index >= 15 is 0 Å². The molecule has 0 aromatic rings. The van der Waals surface area contributed by atoms with Crippen molar-refractivity contribution in [2.45, 2.75) is 31.7 Å². The molecule has 1 saturated carbocycles. The first-order chi connectivity index (χ1) is 5.25. The molecule has 1 N–H and O–H groups in total. The highest BCUT2D eigenvalue weighted by molar-refractivity contribution is 7.80. The maximum absolute atomic E-state index is 7.12. The Bertz CT molecular complexity index is 141. The van der Waals surface area contributed by atoms with E-state index in [1.807, 2.05) is 7.05 Å². The van der Waals surface area contributed by atoms with Crippen LogP contribution in [0.4, 0.5) is 0 Å². The van der Waals surface area contributed by atoms with Gasteiger partial charge in [0.15, 0.2) is 0 Å². The molecule has 0 aliphatic heterocycles. The van der Waals surface area contributed by atoms with Crippen LogP contribution < -0.4 is 5.73 Å². The van der Waals surface area contributed by atoms with Crippen molar-refractivity contribution in [3.63, 3.8) is 0 Å². The molecule has 1 aliphatic rings. The van der Waals surface area contributed by atoms with Crippen LogP contribution in [0.15, 0.2) is 0 Å². The molecule has 1 rings (SSSR count). The monoisotopic (exact) mass is 171 g/mol. The Labute approximate surface area is 73.7 Å². The molecule has 0 spiro atoms. The van der Waals surface area contributed by atoms with E-state index in [9.17, 15) is 0 Å². The summed E-state index contributed by atoms with van der Waals surface area (Å²) in [5.74, 6) is 0. The molecule has 0 aromatic heterocycles. The summed E-state index contributed by atoms with van der Waals surface area (Å²) in [6, 6.07) is 0.632. The number of hydrogen-bond donors (Lipinski definition) is 0. The quantitative estimate of drug-likeness (QED) is 0.588. The third kappa shape index (κ3) is 2.14. The summed E-state index contributed by atoms with van der Waals surface area (Å²) in [5, 5.41) is 0. The van der Waals surface area contributed by atoms with Crippen LogP contribution in [-0.4, -0.2) is 29.5 Å². The molecule has 1 aliphatic carbocycles. The summed E-state index contributed by atoms with van der Waals surface area (Å²) >= 11 is 5.05. The molecular formula is C8H15N2S. The van der Waals surface area contributed by atoms with Gasteiger partial charge in [0, 0.05) is 13.1 Å². The summed E-state index contributed by atoms with van der Waals surface area (Å²) in [6.07, 6.45) is 5.18. The van der Waals surface area contributed by atoms with E-state index in [-0.39, 0.29) is 6.54 Å². The van der Waals surface area contributed by atoms with Crippen LogP contribution in [0.5, 0.6) is 0 Å². The van der Waals surface area contributed by atoms with Crippen LogP contribution in [0.25, 0.3) is 0 Å². The Morgan fingerprint density at radius 1 is 1.55 bits per heavy atom. The van der Waals surface area contributed by atoms with Gasteiger partial charge < -0.3 is 4.90 Å². The van der Waals surface area contributed by atoms with Crippen LogP contribution in [0.3, 0.4) is 0 Å². The van der Waals surface area contributed by atoms with Crippen molar-refractivity contribution in [1.29, 1.82) is 0 Å². The topological polar surface area (TPSA) is 27.0 Å². The predicted molar refractivity (Wildman–Crippen MR) is 50.6 cm³/mol. The average molecular weight is 171 g/mol. The van der Waals surface area contributed by atoms with Crippen LogP contribution in [0.2, 0.25) is 0 Å². The first kappa shape index (κ1) is 8.94. The summed E-state index contributed by atoms with van der Waals surface area (Å²) in [4.78, 5) is 2.90. The second-order valence-electron chi connectivity index (χ2n) is 3.12. The molecule has 1 fully saturated rings. The van der Waals surface area contributed by atoms with Crippen molar-refractivity contribution in [3.8, 4) is 0 Å². The Kier molecular flexibility index (Phi) is 3.27. The Balaban J connectivity index is 2.39. The lowest BCUT2D eigenvalue weighted by atomic mass is 10.2. The molecule has 3 heteroatoms. The molecule has 0 aromatic carbocycles. The van der Waals surface area contributed by atoms with Gasteiger partial charge in [-0.3, -0.25) is 5.73 Å². The van der Waals surface area contributed by atoms with Crippen molar-refractivity contribution < 1.29 is 0 Å². The lowest BCUT2D eigenvalue weighted by molar-refractivity contribution is 0.373. The van der Waals surface area contributed by atoms with Gasteiger partial charge in [-0.2, -0.15) is 0 Å². The highest BCUT2D eigenvalue weighted by Gasteiger charge is 2.20. The Hall–Kier alpha value is -0.150. The zero-order chi connectivity index (χ0) is 8.27. The second-order valence-corrected chi connectivity index (χ2v) is 3.59. The van der Waals surface area contributed by atoms with Crippen molar-refractivity contribution in [2.75, 3.05) is 13.6 Å². The molecule has 0 bridgehead atoms. The summed E-state index contributed by atoms with van der Waals surface area (Å²) < 4.78 is 0. The summed E-state index contributed by atoms with van der Waals surface area (Å²) in [6.45, 7) is 0.266. The van der Waals surface area contributed by atoms with Gasteiger partial charge in [0.25, 0.3) is 0 Å². The van der Waals surface area contributed by atoms with E-state index in [4.69, 9.17) is 18.0 Å². The third-order valence-corrected chi connectivity index (χ3v) is 2.85. The first-order valence-electron chi connectivity index (χ1n) is 4.16. The molecule has 0 amide bonds. The van der Waals surface area contributed by atoms with E-state index in [1.54, 1.807) is 0 Å². The van der Waals surface area contributed by atoms with Gasteiger partial charge in [-0.05, 0) is 12.8 Å². The van der Waals surface area contributed by atoms with Crippen molar-refractivity contribution in [3.05, 3.63) is 0 Å². The smallest absolute Gasteiger partial charge is 0.0933 e. The minimum Gasteiger partial charge on any atom is -0.365 e. The predicted octanol–water partition coefficient (Wildman–Crippen LogP) is 1.47. The summed E-state index contributed by atoms with van der Waals surface area (Å²) in [7, 11) is 2.02. The zero-order valence-electron chi connectivity index (χ0n) is 6.97. The third-order valence-electron chi connectivity index (χ3n) is 2.42. The van der Waals surface area contributed by atoms with E-state index in [0.29, 0.717) is 6.04 Å². The van der Waals surface area contributed by atoms with Gasteiger partial charge in [-0.15, -0.1) is 0 Å². The summed E-state index contributed by atoms with van der Waals surface area (Å²) in [5.41, 5.74) is 7.12.